The molecule has 1 N–H and O–H groups in total. The maximum absolute atomic E-state index is 13.5. The van der Waals surface area contributed by atoms with Crippen LogP contribution in [0.15, 0.2) is 72.3 Å². The van der Waals surface area contributed by atoms with Gasteiger partial charge in [0.05, 0.1) is 17.7 Å². The first-order valence-corrected chi connectivity index (χ1v) is 10.7. The zero-order chi connectivity index (χ0) is 22.7. The second kappa shape index (κ2) is 9.02. The van der Waals surface area contributed by atoms with Crippen molar-refractivity contribution in [1.29, 1.82) is 10.5 Å². The van der Waals surface area contributed by atoms with Crippen molar-refractivity contribution in [2.24, 2.45) is 0 Å². The highest BCUT2D eigenvalue weighted by Gasteiger charge is 2.31. The van der Waals surface area contributed by atoms with Crippen molar-refractivity contribution in [3.8, 4) is 23.3 Å². The van der Waals surface area contributed by atoms with Crippen LogP contribution in [0.4, 0.5) is 0 Å². The van der Waals surface area contributed by atoms with Crippen LogP contribution < -0.4 is 0 Å². The number of carbonyl (C=O) groups excluding carboxylic acids is 1. The molecule has 0 bridgehead atoms. The first kappa shape index (κ1) is 21.2. The fourth-order valence-corrected chi connectivity index (χ4v) is 4.27. The summed E-state index contributed by atoms with van der Waals surface area (Å²) in [4.78, 5) is 13.5. The number of carbonyl (C=O) groups is 1. The molecule has 0 heterocycles. The van der Waals surface area contributed by atoms with Crippen LogP contribution >= 0.6 is 0 Å². The third-order valence-electron chi connectivity index (χ3n) is 5.86. The molecular formula is C28H22N2O2. The lowest BCUT2D eigenvalue weighted by molar-refractivity contribution is 0.103. The van der Waals surface area contributed by atoms with E-state index in [-0.39, 0.29) is 11.4 Å². The van der Waals surface area contributed by atoms with Crippen molar-refractivity contribution in [3.63, 3.8) is 0 Å². The van der Waals surface area contributed by atoms with Crippen molar-refractivity contribution in [1.82, 2.24) is 0 Å². The Morgan fingerprint density at radius 3 is 2.28 bits per heavy atom. The van der Waals surface area contributed by atoms with Gasteiger partial charge in [0, 0.05) is 22.3 Å². The summed E-state index contributed by atoms with van der Waals surface area (Å²) >= 11 is 0. The van der Waals surface area contributed by atoms with E-state index in [0.717, 1.165) is 36.0 Å². The Labute approximate surface area is 187 Å². The number of nitriles is 2. The number of fused-ring (bicyclic) bond motifs is 3. The largest absolute Gasteiger partial charge is 0.373 e. The van der Waals surface area contributed by atoms with Gasteiger partial charge in [-0.15, -0.1) is 0 Å². The molecule has 0 radical (unpaired) electrons. The van der Waals surface area contributed by atoms with E-state index in [4.69, 9.17) is 0 Å². The molecule has 0 saturated carbocycles. The summed E-state index contributed by atoms with van der Waals surface area (Å²) in [6.45, 7) is 2.15. The Hall–Kier alpha value is -3.99. The van der Waals surface area contributed by atoms with Gasteiger partial charge in [-0.25, -0.2) is 0 Å². The van der Waals surface area contributed by atoms with E-state index in [9.17, 15) is 20.4 Å². The van der Waals surface area contributed by atoms with Crippen molar-refractivity contribution in [2.75, 3.05) is 0 Å². The number of aliphatic hydroxyl groups is 1. The molecule has 0 aromatic heterocycles. The molecule has 3 aromatic rings. The van der Waals surface area contributed by atoms with E-state index in [1.54, 1.807) is 18.2 Å². The molecule has 0 fully saturated rings. The SMILES string of the molecule is CCCCc1ccc(C(=O)c2cccc3c2-c2ccccc2C3=C(C#N)C(O)C#N)cc1. The van der Waals surface area contributed by atoms with Crippen molar-refractivity contribution < 1.29 is 9.90 Å². The molecule has 0 amide bonds. The lowest BCUT2D eigenvalue weighted by atomic mass is 9.92. The predicted octanol–water partition coefficient (Wildman–Crippen LogP) is 5.45. The molecule has 0 saturated heterocycles. The second-order valence-corrected chi connectivity index (χ2v) is 7.84. The maximum Gasteiger partial charge on any atom is 0.193 e. The third-order valence-corrected chi connectivity index (χ3v) is 5.86. The van der Waals surface area contributed by atoms with Gasteiger partial charge in [0.1, 0.15) is 0 Å². The molecule has 0 spiro atoms. The highest BCUT2D eigenvalue weighted by molar-refractivity contribution is 6.17. The van der Waals surface area contributed by atoms with Crippen LogP contribution in [-0.4, -0.2) is 17.0 Å². The number of benzene rings is 3. The normalized spacial score (nSPS) is 14.0. The average molecular weight is 418 g/mol. The quantitative estimate of drug-likeness (QED) is 0.256. The molecule has 1 aliphatic carbocycles. The van der Waals surface area contributed by atoms with Gasteiger partial charge in [0.2, 0.25) is 0 Å². The first-order valence-electron chi connectivity index (χ1n) is 10.7. The summed E-state index contributed by atoms with van der Waals surface area (Å²) in [7, 11) is 0. The van der Waals surface area contributed by atoms with E-state index in [1.807, 2.05) is 60.7 Å². The van der Waals surface area contributed by atoms with Gasteiger partial charge in [0.15, 0.2) is 11.9 Å². The minimum absolute atomic E-state index is 0.0106. The van der Waals surface area contributed by atoms with Gasteiger partial charge in [-0.3, -0.25) is 4.79 Å². The molecule has 32 heavy (non-hydrogen) atoms. The number of rotatable bonds is 6. The van der Waals surface area contributed by atoms with Crippen molar-refractivity contribution >= 4 is 11.4 Å². The molecule has 1 atom stereocenters. The number of ketones is 1. The van der Waals surface area contributed by atoms with E-state index < -0.39 is 6.10 Å². The Morgan fingerprint density at radius 1 is 0.938 bits per heavy atom. The van der Waals surface area contributed by atoms with Gasteiger partial charge in [-0.2, -0.15) is 10.5 Å². The second-order valence-electron chi connectivity index (χ2n) is 7.84. The van der Waals surface area contributed by atoms with Gasteiger partial charge >= 0.3 is 0 Å². The van der Waals surface area contributed by atoms with Gasteiger partial charge in [-0.1, -0.05) is 80.1 Å². The maximum atomic E-state index is 13.5. The highest BCUT2D eigenvalue weighted by atomic mass is 16.3. The minimum atomic E-state index is -1.54. The van der Waals surface area contributed by atoms with Crippen LogP contribution in [0.1, 0.15) is 52.4 Å². The molecule has 3 aromatic carbocycles. The Balaban J connectivity index is 1.87. The Kier molecular flexibility index (Phi) is 5.99. The van der Waals surface area contributed by atoms with E-state index in [1.165, 1.54) is 5.56 Å². The zero-order valence-corrected chi connectivity index (χ0v) is 17.8. The van der Waals surface area contributed by atoms with Gasteiger partial charge in [-0.05, 0) is 35.1 Å². The summed E-state index contributed by atoms with van der Waals surface area (Å²) in [6.07, 6.45) is 1.69. The summed E-state index contributed by atoms with van der Waals surface area (Å²) < 4.78 is 0. The number of hydrogen-bond donors (Lipinski definition) is 1. The fourth-order valence-electron chi connectivity index (χ4n) is 4.27. The third kappa shape index (κ3) is 3.62. The Morgan fingerprint density at radius 2 is 1.62 bits per heavy atom. The van der Waals surface area contributed by atoms with E-state index >= 15 is 0 Å². The molecule has 1 unspecified atom stereocenters. The Bertz CT molecular complexity index is 1300. The van der Waals surface area contributed by atoms with Gasteiger partial charge in [0.25, 0.3) is 0 Å². The lowest BCUT2D eigenvalue weighted by Gasteiger charge is -2.10. The number of hydrogen-bond acceptors (Lipinski definition) is 4. The smallest absolute Gasteiger partial charge is 0.193 e. The molecule has 4 nitrogen and oxygen atoms in total. The van der Waals surface area contributed by atoms with Crippen LogP contribution in [0, 0.1) is 22.7 Å². The lowest BCUT2D eigenvalue weighted by Crippen LogP contribution is -2.08. The predicted molar refractivity (Wildman–Crippen MR) is 124 cm³/mol. The van der Waals surface area contributed by atoms with E-state index in [0.29, 0.717) is 22.3 Å². The summed E-state index contributed by atoms with van der Waals surface area (Å²) in [5, 5.41) is 29.1. The molecule has 1 aliphatic rings. The van der Waals surface area contributed by atoms with Crippen LogP contribution in [0.25, 0.3) is 16.7 Å². The number of nitrogens with zero attached hydrogens (tertiary/aromatic N) is 2. The standard InChI is InChI=1S/C28H22N2O2/c1-2-3-7-18-12-14-19(15-13-18)28(32)23-11-6-10-22-26(23)20-8-4-5-9-21(20)27(22)24(16-29)25(31)17-30/h4-6,8-15,25,31H,2-3,7H2,1H3. The topological polar surface area (TPSA) is 84.9 Å². The van der Waals surface area contributed by atoms with Crippen molar-refractivity contribution in [3.05, 3.63) is 100 Å². The number of aliphatic hydroxyl groups excluding tert-OH is 1. The first-order chi connectivity index (χ1) is 15.6. The number of unbranched alkanes of at least 4 members (excludes halogenated alkanes) is 1. The minimum Gasteiger partial charge on any atom is -0.373 e. The fraction of sp³-hybridized carbons (Fsp3) is 0.179. The number of aryl methyl sites for hydroxylation is 1. The van der Waals surface area contributed by atoms with Crippen molar-refractivity contribution in [2.45, 2.75) is 32.3 Å². The molecular weight excluding hydrogens is 396 g/mol. The molecule has 0 aliphatic heterocycles. The molecule has 4 heteroatoms. The molecule has 4 rings (SSSR count). The highest BCUT2D eigenvalue weighted by Crippen LogP contribution is 2.47. The molecule has 156 valence electrons. The monoisotopic (exact) mass is 418 g/mol. The summed E-state index contributed by atoms with van der Waals surface area (Å²) in [6, 6.07) is 24.4. The average Bonchev–Trinajstić information content (AvgIpc) is 3.17. The summed E-state index contributed by atoms with van der Waals surface area (Å²) in [5.74, 6) is -0.0979. The summed E-state index contributed by atoms with van der Waals surface area (Å²) in [5.41, 5.74) is 5.82. The van der Waals surface area contributed by atoms with Crippen LogP contribution in [0.2, 0.25) is 0 Å². The van der Waals surface area contributed by atoms with E-state index in [2.05, 4.69) is 6.92 Å². The van der Waals surface area contributed by atoms with Gasteiger partial charge < -0.3 is 5.11 Å². The van der Waals surface area contributed by atoms with Crippen LogP contribution in [-0.2, 0) is 6.42 Å². The zero-order valence-electron chi connectivity index (χ0n) is 17.8. The van der Waals surface area contributed by atoms with Crippen LogP contribution in [0.5, 0.6) is 0 Å². The van der Waals surface area contributed by atoms with Crippen LogP contribution in [0.3, 0.4) is 0 Å².